The molecule has 0 saturated carbocycles. The third-order valence-electron chi connectivity index (χ3n) is 3.21. The molecule has 0 atom stereocenters. The van der Waals surface area contributed by atoms with Crippen LogP contribution >= 0.6 is 23.2 Å². The van der Waals surface area contributed by atoms with Gasteiger partial charge in [0.2, 0.25) is 0 Å². The molecule has 0 radical (unpaired) electrons. The Morgan fingerprint density at radius 1 is 0.955 bits per heavy atom. The molecule has 0 aromatic heterocycles. The first-order valence-electron chi connectivity index (χ1n) is 6.44. The lowest BCUT2D eigenvalue weighted by atomic mass is 10.1. The van der Waals surface area contributed by atoms with Crippen LogP contribution in [0.1, 0.15) is 10.4 Å². The molecule has 0 fully saturated rings. The van der Waals surface area contributed by atoms with E-state index in [0.717, 1.165) is 0 Å². The van der Waals surface area contributed by atoms with Gasteiger partial charge in [-0.05, 0) is 30.3 Å². The van der Waals surface area contributed by atoms with E-state index in [0.29, 0.717) is 21.5 Å². The molecule has 0 spiro atoms. The number of ether oxygens (including phenoxy) is 1. The summed E-state index contributed by atoms with van der Waals surface area (Å²) in [6.45, 7) is 0. The molecule has 3 aromatic carbocycles. The lowest BCUT2D eigenvalue weighted by Crippen LogP contribution is -2.09. The summed E-state index contributed by atoms with van der Waals surface area (Å²) in [4.78, 5) is 12.3. The van der Waals surface area contributed by atoms with E-state index in [1.54, 1.807) is 42.5 Å². The smallest absolute Gasteiger partial charge is 0.345 e. The molecule has 0 saturated heterocycles. The maximum Gasteiger partial charge on any atom is 0.345 e. The number of halogens is 2. The number of rotatable bonds is 2. The molecule has 0 unspecified atom stereocenters. The summed E-state index contributed by atoms with van der Waals surface area (Å²) in [5.41, 5.74) is 0.225. The van der Waals surface area contributed by atoms with E-state index in [2.05, 4.69) is 0 Å². The molecular formula is C17H10Cl2O3. The Kier molecular flexibility index (Phi) is 3.92. The Hall–Kier alpha value is -2.23. The fraction of sp³-hybridized carbons (Fsp3) is 0. The van der Waals surface area contributed by atoms with E-state index in [1.165, 1.54) is 12.1 Å². The second-order valence-corrected chi connectivity index (χ2v) is 5.49. The highest BCUT2D eigenvalue weighted by Crippen LogP contribution is 2.32. The minimum atomic E-state index is -0.586. The van der Waals surface area contributed by atoms with Crippen LogP contribution in [-0.4, -0.2) is 11.1 Å². The number of fused-ring (bicyclic) bond motifs is 1. The third kappa shape index (κ3) is 2.73. The van der Waals surface area contributed by atoms with Gasteiger partial charge in [-0.2, -0.15) is 0 Å². The maximum atomic E-state index is 12.3. The topological polar surface area (TPSA) is 46.5 Å². The van der Waals surface area contributed by atoms with E-state index < -0.39 is 5.97 Å². The van der Waals surface area contributed by atoms with Crippen LogP contribution in [0.3, 0.4) is 0 Å². The van der Waals surface area contributed by atoms with Crippen LogP contribution in [0.15, 0.2) is 54.6 Å². The molecule has 0 aliphatic heterocycles. The number of carbonyl (C=O) groups is 1. The molecule has 0 heterocycles. The van der Waals surface area contributed by atoms with Crippen molar-refractivity contribution in [3.63, 3.8) is 0 Å². The van der Waals surface area contributed by atoms with Gasteiger partial charge in [0.1, 0.15) is 11.5 Å². The SMILES string of the molecule is O=C(Oc1cccc2c(O)cccc12)c1ccc(Cl)cc1Cl. The quantitative estimate of drug-likeness (QED) is 0.526. The van der Waals surface area contributed by atoms with Crippen molar-refractivity contribution in [2.75, 3.05) is 0 Å². The number of phenols is 1. The summed E-state index contributed by atoms with van der Waals surface area (Å²) in [6, 6.07) is 14.7. The number of hydrogen-bond acceptors (Lipinski definition) is 3. The summed E-state index contributed by atoms with van der Waals surface area (Å²) in [6.07, 6.45) is 0. The second-order valence-electron chi connectivity index (χ2n) is 4.64. The van der Waals surface area contributed by atoms with Crippen LogP contribution < -0.4 is 4.74 Å². The van der Waals surface area contributed by atoms with Gasteiger partial charge < -0.3 is 9.84 Å². The minimum Gasteiger partial charge on any atom is -0.507 e. The van der Waals surface area contributed by atoms with E-state index in [4.69, 9.17) is 27.9 Å². The van der Waals surface area contributed by atoms with E-state index in [1.807, 2.05) is 0 Å². The zero-order chi connectivity index (χ0) is 15.7. The highest BCUT2D eigenvalue weighted by Gasteiger charge is 2.15. The summed E-state index contributed by atoms with van der Waals surface area (Å²) < 4.78 is 5.41. The van der Waals surface area contributed by atoms with Crippen LogP contribution in [0.25, 0.3) is 10.8 Å². The van der Waals surface area contributed by atoms with Gasteiger partial charge in [-0.15, -0.1) is 0 Å². The van der Waals surface area contributed by atoms with Gasteiger partial charge in [-0.25, -0.2) is 4.79 Å². The van der Waals surface area contributed by atoms with Crippen LogP contribution in [0.2, 0.25) is 10.0 Å². The zero-order valence-electron chi connectivity index (χ0n) is 11.2. The molecule has 0 aliphatic rings. The third-order valence-corrected chi connectivity index (χ3v) is 3.76. The molecular weight excluding hydrogens is 323 g/mol. The molecule has 0 amide bonds. The molecule has 3 nitrogen and oxygen atoms in total. The van der Waals surface area contributed by atoms with Gasteiger partial charge >= 0.3 is 5.97 Å². The maximum absolute atomic E-state index is 12.3. The number of hydrogen-bond donors (Lipinski definition) is 1. The number of phenolic OH excluding ortho intramolecular Hbond substituents is 1. The Labute approximate surface area is 136 Å². The predicted molar refractivity (Wildman–Crippen MR) is 87.0 cm³/mol. The second kappa shape index (κ2) is 5.87. The fourth-order valence-corrected chi connectivity index (χ4v) is 2.65. The van der Waals surface area contributed by atoms with Gasteiger partial charge in [0.25, 0.3) is 0 Å². The fourth-order valence-electron chi connectivity index (χ4n) is 2.16. The van der Waals surface area contributed by atoms with Crippen LogP contribution in [0.4, 0.5) is 0 Å². The van der Waals surface area contributed by atoms with Gasteiger partial charge in [0.15, 0.2) is 0 Å². The highest BCUT2D eigenvalue weighted by atomic mass is 35.5. The van der Waals surface area contributed by atoms with Crippen molar-refractivity contribution < 1.29 is 14.6 Å². The first-order valence-corrected chi connectivity index (χ1v) is 7.20. The monoisotopic (exact) mass is 332 g/mol. The molecule has 0 aliphatic carbocycles. The summed E-state index contributed by atoms with van der Waals surface area (Å²) in [5, 5.41) is 11.8. The molecule has 0 bridgehead atoms. The molecule has 3 aromatic rings. The minimum absolute atomic E-state index is 0.125. The number of carbonyl (C=O) groups excluding carboxylic acids is 1. The molecule has 1 N–H and O–H groups in total. The summed E-state index contributed by atoms with van der Waals surface area (Å²) in [7, 11) is 0. The Balaban J connectivity index is 2.00. The summed E-state index contributed by atoms with van der Waals surface area (Å²) >= 11 is 11.8. The van der Waals surface area contributed by atoms with E-state index in [9.17, 15) is 9.90 Å². The van der Waals surface area contributed by atoms with Crippen molar-refractivity contribution in [3.05, 3.63) is 70.2 Å². The van der Waals surface area contributed by atoms with Gasteiger partial charge in [0, 0.05) is 15.8 Å². The van der Waals surface area contributed by atoms with E-state index in [-0.39, 0.29) is 16.3 Å². The van der Waals surface area contributed by atoms with Crippen molar-refractivity contribution in [1.29, 1.82) is 0 Å². The molecule has 110 valence electrons. The predicted octanol–water partition coefficient (Wildman–Crippen LogP) is 5.07. The first kappa shape index (κ1) is 14.7. The molecule has 22 heavy (non-hydrogen) atoms. The van der Waals surface area contributed by atoms with Crippen molar-refractivity contribution >= 4 is 39.9 Å². The standard InChI is InChI=1S/C17H10Cl2O3/c18-10-7-8-13(14(19)9-10)17(21)22-16-6-2-3-11-12(16)4-1-5-15(11)20/h1-9,20H. The lowest BCUT2D eigenvalue weighted by Gasteiger charge is -2.09. The first-order chi connectivity index (χ1) is 10.6. The highest BCUT2D eigenvalue weighted by molar-refractivity contribution is 6.36. The van der Waals surface area contributed by atoms with Crippen molar-refractivity contribution in [3.8, 4) is 11.5 Å². The average Bonchev–Trinajstić information content (AvgIpc) is 2.48. The van der Waals surface area contributed by atoms with Crippen LogP contribution in [-0.2, 0) is 0 Å². The normalized spacial score (nSPS) is 10.6. The van der Waals surface area contributed by atoms with Gasteiger partial charge in [0.05, 0.1) is 10.6 Å². The molecule has 3 rings (SSSR count). The van der Waals surface area contributed by atoms with Gasteiger partial charge in [-0.3, -0.25) is 0 Å². The van der Waals surface area contributed by atoms with Crippen molar-refractivity contribution in [1.82, 2.24) is 0 Å². The lowest BCUT2D eigenvalue weighted by molar-refractivity contribution is 0.0737. The largest absolute Gasteiger partial charge is 0.507 e. The van der Waals surface area contributed by atoms with E-state index >= 15 is 0 Å². The Bertz CT molecular complexity index is 875. The number of esters is 1. The summed E-state index contributed by atoms with van der Waals surface area (Å²) in [5.74, 6) is -0.109. The number of aromatic hydroxyl groups is 1. The van der Waals surface area contributed by atoms with Crippen LogP contribution in [0.5, 0.6) is 11.5 Å². The Morgan fingerprint density at radius 2 is 1.68 bits per heavy atom. The zero-order valence-corrected chi connectivity index (χ0v) is 12.7. The molecule has 5 heteroatoms. The van der Waals surface area contributed by atoms with Crippen molar-refractivity contribution in [2.24, 2.45) is 0 Å². The van der Waals surface area contributed by atoms with Crippen LogP contribution in [0, 0.1) is 0 Å². The Morgan fingerprint density at radius 3 is 2.45 bits per heavy atom. The average molecular weight is 333 g/mol. The number of benzene rings is 3. The van der Waals surface area contributed by atoms with Crippen molar-refractivity contribution in [2.45, 2.75) is 0 Å². The van der Waals surface area contributed by atoms with Gasteiger partial charge in [-0.1, -0.05) is 47.5 Å².